The lowest BCUT2D eigenvalue weighted by atomic mass is 9.94. The molecule has 0 saturated heterocycles. The molecule has 1 aliphatic rings. The van der Waals surface area contributed by atoms with Crippen molar-refractivity contribution in [1.29, 1.82) is 0 Å². The predicted octanol–water partition coefficient (Wildman–Crippen LogP) is 7.70. The van der Waals surface area contributed by atoms with Crippen LogP contribution in [0.4, 0.5) is 5.69 Å². The molecule has 10 heteroatoms. The van der Waals surface area contributed by atoms with Crippen molar-refractivity contribution < 1.29 is 18.0 Å². The molecule has 0 radical (unpaired) electrons. The summed E-state index contributed by atoms with van der Waals surface area (Å²) in [4.78, 5) is 30.4. The van der Waals surface area contributed by atoms with Crippen LogP contribution in [-0.4, -0.2) is 43.8 Å². The van der Waals surface area contributed by atoms with Crippen LogP contribution in [-0.2, 0) is 32.6 Å². The van der Waals surface area contributed by atoms with E-state index in [1.54, 1.807) is 24.3 Å². The fraction of sp³-hybridized carbons (Fsp3) is 0.297. The minimum Gasteiger partial charge on any atom is -0.352 e. The van der Waals surface area contributed by atoms with E-state index in [9.17, 15) is 18.0 Å². The molecule has 1 saturated carbocycles. The lowest BCUT2D eigenvalue weighted by molar-refractivity contribution is -0.140. The van der Waals surface area contributed by atoms with E-state index >= 15 is 0 Å². The van der Waals surface area contributed by atoms with Crippen LogP contribution in [0.5, 0.6) is 0 Å². The van der Waals surface area contributed by atoms with Gasteiger partial charge in [-0.25, -0.2) is 8.42 Å². The fourth-order valence-corrected chi connectivity index (χ4v) is 7.66. The largest absolute Gasteiger partial charge is 0.352 e. The Kier molecular flexibility index (Phi) is 11.8. The van der Waals surface area contributed by atoms with E-state index in [4.69, 9.17) is 11.6 Å². The number of carbonyl (C=O) groups excluding carboxylic acids is 2. The normalized spacial score (nSPS) is 14.3. The van der Waals surface area contributed by atoms with Crippen molar-refractivity contribution in [3.05, 3.63) is 129 Å². The highest BCUT2D eigenvalue weighted by Crippen LogP contribution is 2.27. The molecule has 5 rings (SSSR count). The standard InChI is InChI=1S/C37H39BrClN3O4S/c1-27-12-20-33(21-13-27)42(47(45,46)34-22-18-31(39)19-23-34)26-36(43)41(25-29-14-16-30(38)17-15-29)35(24-28-8-4-2-5-9-28)37(44)40-32-10-6-3-7-11-32/h2,4-5,8-9,12-23,32,35H,3,6-7,10-11,24-26H2,1H3,(H,40,44)/t35-/m0/s1. The van der Waals surface area contributed by atoms with E-state index in [0.717, 1.165) is 57.6 Å². The van der Waals surface area contributed by atoms with Gasteiger partial charge in [0.05, 0.1) is 10.6 Å². The van der Waals surface area contributed by atoms with Gasteiger partial charge in [-0.1, -0.05) is 107 Å². The zero-order chi connectivity index (χ0) is 33.4. The number of sulfonamides is 1. The van der Waals surface area contributed by atoms with E-state index in [-0.39, 0.29) is 29.8 Å². The third-order valence-corrected chi connectivity index (χ3v) is 11.1. The number of rotatable bonds is 12. The highest BCUT2D eigenvalue weighted by atomic mass is 79.9. The van der Waals surface area contributed by atoms with E-state index in [0.29, 0.717) is 10.7 Å². The molecule has 1 atom stereocenters. The Morgan fingerprint density at radius 3 is 2.13 bits per heavy atom. The summed E-state index contributed by atoms with van der Waals surface area (Å²) in [6.45, 7) is 1.52. The topological polar surface area (TPSA) is 86.8 Å². The minimum absolute atomic E-state index is 0.00520. The van der Waals surface area contributed by atoms with Gasteiger partial charge in [-0.05, 0) is 79.4 Å². The van der Waals surface area contributed by atoms with Gasteiger partial charge in [0.1, 0.15) is 12.6 Å². The molecule has 0 aliphatic heterocycles. The second-order valence-corrected chi connectivity index (χ2v) is 15.2. The maximum atomic E-state index is 14.6. The van der Waals surface area contributed by atoms with Crippen LogP contribution in [0.25, 0.3) is 0 Å². The molecule has 1 aliphatic carbocycles. The first-order valence-corrected chi connectivity index (χ1v) is 18.4. The maximum Gasteiger partial charge on any atom is 0.264 e. The maximum absolute atomic E-state index is 14.6. The van der Waals surface area contributed by atoms with Gasteiger partial charge in [-0.2, -0.15) is 0 Å². The van der Waals surface area contributed by atoms with E-state index in [1.165, 1.54) is 29.2 Å². The minimum atomic E-state index is -4.20. The molecular weight excluding hydrogens is 698 g/mol. The molecule has 7 nitrogen and oxygen atoms in total. The first-order valence-electron chi connectivity index (χ1n) is 15.8. The Hall–Kier alpha value is -3.66. The summed E-state index contributed by atoms with van der Waals surface area (Å²) in [5, 5.41) is 3.64. The predicted molar refractivity (Wildman–Crippen MR) is 191 cm³/mol. The van der Waals surface area contributed by atoms with Crippen molar-refractivity contribution in [2.24, 2.45) is 0 Å². The molecular formula is C37H39BrClN3O4S. The lowest BCUT2D eigenvalue weighted by Crippen LogP contribution is -2.55. The first-order chi connectivity index (χ1) is 22.6. The molecule has 47 heavy (non-hydrogen) atoms. The molecule has 0 heterocycles. The van der Waals surface area contributed by atoms with Crippen LogP contribution in [0, 0.1) is 6.92 Å². The van der Waals surface area contributed by atoms with Crippen LogP contribution in [0.3, 0.4) is 0 Å². The SMILES string of the molecule is Cc1ccc(N(CC(=O)N(Cc2ccc(Br)cc2)[C@@H](Cc2ccccc2)C(=O)NC2CCCCC2)S(=O)(=O)c2ccc(Cl)cc2)cc1. The molecule has 0 bridgehead atoms. The van der Waals surface area contributed by atoms with Crippen LogP contribution >= 0.6 is 27.5 Å². The zero-order valence-corrected chi connectivity index (χ0v) is 29.5. The van der Waals surface area contributed by atoms with Gasteiger partial charge >= 0.3 is 0 Å². The van der Waals surface area contributed by atoms with E-state index in [1.807, 2.05) is 61.5 Å². The Balaban J connectivity index is 1.55. The van der Waals surface area contributed by atoms with Gasteiger partial charge in [0.15, 0.2) is 0 Å². The second kappa shape index (κ2) is 16.0. The molecule has 4 aromatic carbocycles. The number of benzene rings is 4. The monoisotopic (exact) mass is 735 g/mol. The highest BCUT2D eigenvalue weighted by Gasteiger charge is 2.35. The Morgan fingerprint density at radius 2 is 1.49 bits per heavy atom. The smallest absolute Gasteiger partial charge is 0.264 e. The average molecular weight is 737 g/mol. The summed E-state index contributed by atoms with van der Waals surface area (Å²) in [5.74, 6) is -0.737. The van der Waals surface area contributed by atoms with E-state index < -0.39 is 28.5 Å². The quantitative estimate of drug-likeness (QED) is 0.162. The number of halogens is 2. The Morgan fingerprint density at radius 1 is 0.851 bits per heavy atom. The van der Waals surface area contributed by atoms with Crippen LogP contribution in [0.1, 0.15) is 48.8 Å². The number of hydrogen-bond donors (Lipinski definition) is 1. The fourth-order valence-electron chi connectivity index (χ4n) is 5.86. The number of hydrogen-bond acceptors (Lipinski definition) is 4. The number of amides is 2. The highest BCUT2D eigenvalue weighted by molar-refractivity contribution is 9.10. The number of aryl methyl sites for hydroxylation is 1. The van der Waals surface area contributed by atoms with Gasteiger partial charge in [0.2, 0.25) is 11.8 Å². The number of anilines is 1. The molecule has 2 amide bonds. The molecule has 0 aromatic heterocycles. The van der Waals surface area contributed by atoms with Crippen LogP contribution in [0.15, 0.2) is 112 Å². The average Bonchev–Trinajstić information content (AvgIpc) is 3.07. The number of carbonyl (C=O) groups is 2. The summed E-state index contributed by atoms with van der Waals surface area (Å²) < 4.78 is 30.3. The molecule has 0 unspecified atom stereocenters. The summed E-state index contributed by atoms with van der Waals surface area (Å²) in [7, 11) is -4.20. The van der Waals surface area contributed by atoms with Crippen molar-refractivity contribution >= 4 is 55.1 Å². The van der Waals surface area contributed by atoms with Gasteiger partial charge in [-0.3, -0.25) is 13.9 Å². The summed E-state index contributed by atoms with van der Waals surface area (Å²) in [6, 6.07) is 29.2. The Labute approximate surface area is 291 Å². The van der Waals surface area contributed by atoms with Crippen molar-refractivity contribution in [3.8, 4) is 0 Å². The van der Waals surface area contributed by atoms with Crippen molar-refractivity contribution in [2.75, 3.05) is 10.8 Å². The zero-order valence-electron chi connectivity index (χ0n) is 26.3. The first kappa shape index (κ1) is 34.7. The van der Waals surface area contributed by atoms with Crippen molar-refractivity contribution in [1.82, 2.24) is 10.2 Å². The molecule has 1 N–H and O–H groups in total. The van der Waals surface area contributed by atoms with E-state index in [2.05, 4.69) is 21.2 Å². The molecule has 0 spiro atoms. The van der Waals surface area contributed by atoms with Crippen molar-refractivity contribution in [3.63, 3.8) is 0 Å². The number of nitrogens with zero attached hydrogens (tertiary/aromatic N) is 2. The third kappa shape index (κ3) is 9.24. The van der Waals surface area contributed by atoms with Gasteiger partial charge in [0, 0.05) is 28.5 Å². The van der Waals surface area contributed by atoms with Crippen LogP contribution < -0.4 is 9.62 Å². The molecule has 1 fully saturated rings. The third-order valence-electron chi connectivity index (χ3n) is 8.49. The van der Waals surface area contributed by atoms with Gasteiger partial charge in [0.25, 0.3) is 10.0 Å². The summed E-state index contributed by atoms with van der Waals surface area (Å²) in [6.07, 6.45) is 5.30. The lowest BCUT2D eigenvalue weighted by Gasteiger charge is -2.35. The number of nitrogens with one attached hydrogen (secondary N) is 1. The molecule has 4 aromatic rings. The summed E-state index contributed by atoms with van der Waals surface area (Å²) in [5.41, 5.74) is 3.00. The second-order valence-electron chi connectivity index (χ2n) is 12.0. The van der Waals surface area contributed by atoms with Gasteiger partial charge < -0.3 is 10.2 Å². The summed E-state index contributed by atoms with van der Waals surface area (Å²) >= 11 is 9.56. The Bertz CT molecular complexity index is 1750. The van der Waals surface area contributed by atoms with Gasteiger partial charge in [-0.15, -0.1) is 0 Å². The van der Waals surface area contributed by atoms with Crippen molar-refractivity contribution in [2.45, 2.75) is 69.0 Å². The molecule has 246 valence electrons. The van der Waals surface area contributed by atoms with Crippen LogP contribution in [0.2, 0.25) is 5.02 Å².